The van der Waals surface area contributed by atoms with Crippen LogP contribution in [0.1, 0.15) is 63.6 Å². The molecule has 3 nitrogen and oxygen atoms in total. The third-order valence-electron chi connectivity index (χ3n) is 5.33. The lowest BCUT2D eigenvalue weighted by molar-refractivity contribution is 0.134. The smallest absolute Gasteiger partial charge is 0.128 e. The van der Waals surface area contributed by atoms with Crippen molar-refractivity contribution < 1.29 is 0 Å². The molecule has 0 saturated heterocycles. The van der Waals surface area contributed by atoms with Crippen molar-refractivity contribution in [2.24, 2.45) is 17.3 Å². The van der Waals surface area contributed by atoms with Crippen molar-refractivity contribution in [3.05, 3.63) is 23.4 Å². The Hall–Kier alpha value is -1.09. The van der Waals surface area contributed by atoms with E-state index in [4.69, 9.17) is 5.73 Å². The van der Waals surface area contributed by atoms with Gasteiger partial charge in [-0.25, -0.2) is 4.98 Å². The first-order valence-corrected chi connectivity index (χ1v) is 8.22. The van der Waals surface area contributed by atoms with Crippen molar-refractivity contribution >= 4 is 5.82 Å². The SMILES string of the molecule is CNC(c1c(C)ccnc1N)C1CCC(C(C)(C)C)CC1. The Morgan fingerprint density at radius 1 is 1.24 bits per heavy atom. The molecule has 0 aromatic carbocycles. The van der Waals surface area contributed by atoms with Crippen LogP contribution in [0.2, 0.25) is 0 Å². The number of nitrogens with zero attached hydrogens (tertiary/aromatic N) is 1. The van der Waals surface area contributed by atoms with E-state index in [2.05, 4.69) is 44.1 Å². The van der Waals surface area contributed by atoms with E-state index in [1.54, 1.807) is 6.20 Å². The second-order valence-electron chi connectivity index (χ2n) is 7.67. The molecule has 1 fully saturated rings. The van der Waals surface area contributed by atoms with Crippen LogP contribution in [-0.4, -0.2) is 12.0 Å². The Morgan fingerprint density at radius 2 is 1.86 bits per heavy atom. The summed E-state index contributed by atoms with van der Waals surface area (Å²) in [6.45, 7) is 9.25. The summed E-state index contributed by atoms with van der Waals surface area (Å²) in [4.78, 5) is 4.30. The maximum Gasteiger partial charge on any atom is 0.128 e. The van der Waals surface area contributed by atoms with E-state index in [0.29, 0.717) is 23.2 Å². The number of anilines is 1. The lowest BCUT2D eigenvalue weighted by Gasteiger charge is -2.40. The minimum absolute atomic E-state index is 0.333. The minimum Gasteiger partial charge on any atom is -0.383 e. The van der Waals surface area contributed by atoms with Crippen LogP contribution in [0, 0.1) is 24.2 Å². The highest BCUT2D eigenvalue weighted by molar-refractivity contribution is 5.46. The highest BCUT2D eigenvalue weighted by Gasteiger charge is 2.34. The van der Waals surface area contributed by atoms with Crippen LogP contribution in [0.15, 0.2) is 12.3 Å². The molecule has 1 aromatic heterocycles. The highest BCUT2D eigenvalue weighted by atomic mass is 14.9. The molecule has 21 heavy (non-hydrogen) atoms. The lowest BCUT2D eigenvalue weighted by atomic mass is 9.68. The quantitative estimate of drug-likeness (QED) is 0.881. The van der Waals surface area contributed by atoms with Crippen LogP contribution in [0.3, 0.4) is 0 Å². The number of nitrogens with two attached hydrogens (primary N) is 1. The zero-order valence-electron chi connectivity index (χ0n) is 14.2. The molecular weight excluding hydrogens is 258 g/mol. The molecule has 1 saturated carbocycles. The monoisotopic (exact) mass is 289 g/mol. The topological polar surface area (TPSA) is 50.9 Å². The van der Waals surface area contributed by atoms with Gasteiger partial charge >= 0.3 is 0 Å². The number of pyridine rings is 1. The molecule has 118 valence electrons. The van der Waals surface area contributed by atoms with Crippen molar-refractivity contribution in [1.29, 1.82) is 0 Å². The first-order chi connectivity index (χ1) is 9.84. The number of aryl methyl sites for hydroxylation is 1. The third kappa shape index (κ3) is 3.57. The summed E-state index contributed by atoms with van der Waals surface area (Å²) >= 11 is 0. The number of hydrogen-bond acceptors (Lipinski definition) is 3. The number of aromatic nitrogens is 1. The van der Waals surface area contributed by atoms with Crippen LogP contribution in [0.5, 0.6) is 0 Å². The molecule has 1 aromatic rings. The van der Waals surface area contributed by atoms with E-state index >= 15 is 0 Å². The first-order valence-electron chi connectivity index (χ1n) is 8.22. The predicted octanol–water partition coefficient (Wildman–Crippen LogP) is 4.09. The molecule has 0 amide bonds. The normalized spacial score (nSPS) is 24.8. The molecule has 0 aliphatic heterocycles. The summed E-state index contributed by atoms with van der Waals surface area (Å²) in [5, 5.41) is 3.50. The predicted molar refractivity (Wildman–Crippen MR) is 90.1 cm³/mol. The van der Waals surface area contributed by atoms with Crippen molar-refractivity contribution in [3.63, 3.8) is 0 Å². The zero-order valence-corrected chi connectivity index (χ0v) is 14.2. The Balaban J connectivity index is 2.14. The Morgan fingerprint density at radius 3 is 2.33 bits per heavy atom. The maximum absolute atomic E-state index is 6.15. The van der Waals surface area contributed by atoms with E-state index in [0.717, 1.165) is 5.92 Å². The van der Waals surface area contributed by atoms with Crippen molar-refractivity contribution in [2.45, 2.75) is 59.4 Å². The Kier molecular flexibility index (Phi) is 4.92. The molecular formula is C18H31N3. The van der Waals surface area contributed by atoms with Gasteiger partial charge < -0.3 is 11.1 Å². The van der Waals surface area contributed by atoms with Gasteiger partial charge in [0.15, 0.2) is 0 Å². The van der Waals surface area contributed by atoms with Crippen LogP contribution in [0.25, 0.3) is 0 Å². The fourth-order valence-electron chi connectivity index (χ4n) is 3.93. The van der Waals surface area contributed by atoms with E-state index < -0.39 is 0 Å². The fraction of sp³-hybridized carbons (Fsp3) is 0.722. The van der Waals surface area contributed by atoms with Gasteiger partial charge in [0.25, 0.3) is 0 Å². The first kappa shape index (κ1) is 16.3. The van der Waals surface area contributed by atoms with Gasteiger partial charge in [0.1, 0.15) is 5.82 Å². The zero-order chi connectivity index (χ0) is 15.6. The number of nitrogens with one attached hydrogen (secondary N) is 1. The van der Waals surface area contributed by atoms with E-state index in [1.807, 2.05) is 7.05 Å². The standard InChI is InChI=1S/C18H31N3/c1-12-10-11-21-17(19)15(12)16(20-5)13-6-8-14(9-7-13)18(2,3)4/h10-11,13-14,16,20H,6-9H2,1-5H3,(H2,19,21). The van der Waals surface area contributed by atoms with E-state index in [-0.39, 0.29) is 0 Å². The van der Waals surface area contributed by atoms with Gasteiger partial charge in [-0.1, -0.05) is 20.8 Å². The summed E-state index contributed by atoms with van der Waals surface area (Å²) in [6.07, 6.45) is 7.01. The van der Waals surface area contributed by atoms with E-state index in [1.165, 1.54) is 36.8 Å². The summed E-state index contributed by atoms with van der Waals surface area (Å²) in [5.41, 5.74) is 9.04. The van der Waals surface area contributed by atoms with Crippen molar-refractivity contribution in [2.75, 3.05) is 12.8 Å². The van der Waals surface area contributed by atoms with E-state index in [9.17, 15) is 0 Å². The number of rotatable bonds is 3. The highest BCUT2D eigenvalue weighted by Crippen LogP contribution is 2.44. The summed E-state index contributed by atoms with van der Waals surface area (Å²) in [6, 6.07) is 2.40. The Bertz CT molecular complexity index is 448. The molecule has 0 spiro atoms. The van der Waals surface area contributed by atoms with Gasteiger partial charge in [-0.3, -0.25) is 0 Å². The molecule has 1 aliphatic rings. The minimum atomic E-state index is 0.333. The summed E-state index contributed by atoms with van der Waals surface area (Å²) < 4.78 is 0. The molecule has 3 N–H and O–H groups in total. The summed E-state index contributed by atoms with van der Waals surface area (Å²) in [5.74, 6) is 2.20. The van der Waals surface area contributed by atoms with Gasteiger partial charge in [0, 0.05) is 17.8 Å². The van der Waals surface area contributed by atoms with Gasteiger partial charge in [0.05, 0.1) is 0 Å². The lowest BCUT2D eigenvalue weighted by Crippen LogP contribution is -2.33. The second kappa shape index (κ2) is 6.35. The van der Waals surface area contributed by atoms with Crippen LogP contribution < -0.4 is 11.1 Å². The molecule has 0 radical (unpaired) electrons. The van der Waals surface area contributed by atoms with Crippen molar-refractivity contribution in [1.82, 2.24) is 10.3 Å². The molecule has 1 atom stereocenters. The second-order valence-corrected chi connectivity index (χ2v) is 7.67. The average Bonchev–Trinajstić information content (AvgIpc) is 2.42. The number of nitrogen functional groups attached to an aromatic ring is 1. The molecule has 0 bridgehead atoms. The fourth-order valence-corrected chi connectivity index (χ4v) is 3.93. The maximum atomic E-state index is 6.15. The molecule has 1 aliphatic carbocycles. The summed E-state index contributed by atoms with van der Waals surface area (Å²) in [7, 11) is 2.05. The third-order valence-corrected chi connectivity index (χ3v) is 5.33. The molecule has 1 unspecified atom stereocenters. The van der Waals surface area contributed by atoms with Gasteiger partial charge in [-0.15, -0.1) is 0 Å². The largest absolute Gasteiger partial charge is 0.383 e. The molecule has 2 rings (SSSR count). The van der Waals surface area contributed by atoms with Crippen LogP contribution >= 0.6 is 0 Å². The molecule has 3 heteroatoms. The number of hydrogen-bond donors (Lipinski definition) is 2. The van der Waals surface area contributed by atoms with Crippen molar-refractivity contribution in [3.8, 4) is 0 Å². The molecule has 1 heterocycles. The average molecular weight is 289 g/mol. The van der Waals surface area contributed by atoms with Gasteiger partial charge in [0.2, 0.25) is 0 Å². The Labute approximate surface area is 129 Å². The van der Waals surface area contributed by atoms with Crippen LogP contribution in [-0.2, 0) is 0 Å². The van der Waals surface area contributed by atoms with Gasteiger partial charge in [-0.05, 0) is 68.5 Å². The van der Waals surface area contributed by atoms with Crippen LogP contribution in [0.4, 0.5) is 5.82 Å². The van der Waals surface area contributed by atoms with Gasteiger partial charge in [-0.2, -0.15) is 0 Å².